The van der Waals surface area contributed by atoms with Crippen LogP contribution in [0.3, 0.4) is 0 Å². The lowest BCUT2D eigenvalue weighted by atomic mass is 9.57. The van der Waals surface area contributed by atoms with Crippen LogP contribution in [0.25, 0.3) is 0 Å². The van der Waals surface area contributed by atoms with Crippen molar-refractivity contribution in [3.05, 3.63) is 34.6 Å². The third-order valence-corrected chi connectivity index (χ3v) is 6.36. The fourth-order valence-corrected chi connectivity index (χ4v) is 5.26. The van der Waals surface area contributed by atoms with E-state index >= 15 is 0 Å². The molecule has 2 heteroatoms. The molecule has 2 aliphatic carbocycles. The number of halogens is 1. The van der Waals surface area contributed by atoms with Crippen molar-refractivity contribution in [3.8, 4) is 0 Å². The van der Waals surface area contributed by atoms with Crippen LogP contribution in [0.1, 0.15) is 56.7 Å². The van der Waals surface area contributed by atoms with Gasteiger partial charge in [-0.3, -0.25) is 0 Å². The molecule has 110 valence electrons. The van der Waals surface area contributed by atoms with Gasteiger partial charge in [0, 0.05) is 16.4 Å². The summed E-state index contributed by atoms with van der Waals surface area (Å²) in [4.78, 5) is 0. The van der Waals surface area contributed by atoms with E-state index < -0.39 is 5.60 Å². The molecule has 1 aromatic rings. The molecule has 0 aromatic heterocycles. The molecule has 2 saturated carbocycles. The Labute approximate surface area is 121 Å². The van der Waals surface area contributed by atoms with E-state index in [1.165, 1.54) is 0 Å². The molecule has 0 heterocycles. The van der Waals surface area contributed by atoms with Crippen molar-refractivity contribution >= 4 is 0 Å². The van der Waals surface area contributed by atoms with Gasteiger partial charge in [-0.05, 0) is 56.2 Å². The van der Waals surface area contributed by atoms with Gasteiger partial charge >= 0.3 is 0 Å². The van der Waals surface area contributed by atoms with Crippen LogP contribution in [0.5, 0.6) is 0 Å². The van der Waals surface area contributed by atoms with Crippen LogP contribution in [0.2, 0.25) is 0 Å². The van der Waals surface area contributed by atoms with Crippen LogP contribution in [0.15, 0.2) is 12.1 Å². The van der Waals surface area contributed by atoms with E-state index in [9.17, 15) is 9.50 Å². The summed E-state index contributed by atoms with van der Waals surface area (Å²) in [6.07, 6.45) is 3.14. The molecular formula is C18H25FO. The lowest BCUT2D eigenvalue weighted by Gasteiger charge is -2.51. The summed E-state index contributed by atoms with van der Waals surface area (Å²) in [6.45, 7) is 10.2. The maximum atomic E-state index is 14.7. The van der Waals surface area contributed by atoms with E-state index in [0.29, 0.717) is 11.5 Å². The van der Waals surface area contributed by atoms with Crippen molar-refractivity contribution in [3.63, 3.8) is 0 Å². The molecule has 20 heavy (non-hydrogen) atoms. The number of aliphatic hydroxyl groups is 1. The summed E-state index contributed by atoms with van der Waals surface area (Å²) in [5.41, 5.74) is 0.788. The fourth-order valence-electron chi connectivity index (χ4n) is 5.26. The lowest BCUT2D eigenvalue weighted by molar-refractivity contribution is -0.153. The summed E-state index contributed by atoms with van der Waals surface area (Å²) in [5.74, 6) is 0.240. The van der Waals surface area contributed by atoms with Gasteiger partial charge in [-0.2, -0.15) is 0 Å². The van der Waals surface area contributed by atoms with Gasteiger partial charge in [-0.15, -0.1) is 0 Å². The largest absolute Gasteiger partial charge is 0.384 e. The monoisotopic (exact) mass is 276 g/mol. The Hall–Kier alpha value is -0.890. The van der Waals surface area contributed by atoms with Gasteiger partial charge in [-0.1, -0.05) is 26.8 Å². The molecule has 0 amide bonds. The Morgan fingerprint density at radius 2 is 1.85 bits per heavy atom. The highest BCUT2D eigenvalue weighted by Crippen LogP contribution is 2.72. The minimum atomic E-state index is -1.06. The highest BCUT2D eigenvalue weighted by molar-refractivity contribution is 5.41. The predicted molar refractivity (Wildman–Crippen MR) is 79.0 cm³/mol. The summed E-state index contributed by atoms with van der Waals surface area (Å²) in [5, 5.41) is 11.7. The summed E-state index contributed by atoms with van der Waals surface area (Å²) < 4.78 is 14.7. The van der Waals surface area contributed by atoms with Crippen LogP contribution in [-0.4, -0.2) is 5.11 Å². The van der Waals surface area contributed by atoms with E-state index in [2.05, 4.69) is 20.8 Å². The Bertz CT molecular complexity index is 547. The van der Waals surface area contributed by atoms with Gasteiger partial charge in [-0.25, -0.2) is 4.39 Å². The SMILES string of the molecule is Cc1cc(C)c(C2(O)C3(C)CCC(C3)C2(C)C)c(F)c1. The maximum Gasteiger partial charge on any atom is 0.129 e. The molecule has 0 saturated heterocycles. The molecule has 1 N–H and O–H groups in total. The van der Waals surface area contributed by atoms with Crippen molar-refractivity contribution in [1.29, 1.82) is 0 Å². The zero-order valence-electron chi connectivity index (χ0n) is 13.2. The molecule has 1 nitrogen and oxygen atoms in total. The molecule has 0 aliphatic heterocycles. The molecular weight excluding hydrogens is 251 g/mol. The maximum absolute atomic E-state index is 14.7. The Morgan fingerprint density at radius 3 is 2.35 bits per heavy atom. The van der Waals surface area contributed by atoms with E-state index in [4.69, 9.17) is 0 Å². The highest BCUT2D eigenvalue weighted by atomic mass is 19.1. The predicted octanol–water partition coefficient (Wildman–Crippen LogP) is 4.48. The van der Waals surface area contributed by atoms with Crippen molar-refractivity contribution in [2.45, 2.75) is 59.5 Å². The Kier molecular flexibility index (Phi) is 2.71. The minimum absolute atomic E-state index is 0.206. The minimum Gasteiger partial charge on any atom is -0.384 e. The lowest BCUT2D eigenvalue weighted by Crippen LogP contribution is -2.52. The van der Waals surface area contributed by atoms with Crippen molar-refractivity contribution in [1.82, 2.24) is 0 Å². The first-order valence-electron chi connectivity index (χ1n) is 7.63. The normalized spacial score (nSPS) is 38.5. The molecule has 2 bridgehead atoms. The smallest absolute Gasteiger partial charge is 0.129 e. The van der Waals surface area contributed by atoms with Gasteiger partial charge in [0.2, 0.25) is 0 Å². The topological polar surface area (TPSA) is 20.2 Å². The molecule has 3 unspecified atom stereocenters. The quantitative estimate of drug-likeness (QED) is 0.802. The first-order valence-corrected chi connectivity index (χ1v) is 7.63. The third kappa shape index (κ3) is 1.41. The number of rotatable bonds is 1. The van der Waals surface area contributed by atoms with Gasteiger partial charge in [0.1, 0.15) is 11.4 Å². The molecule has 3 atom stereocenters. The van der Waals surface area contributed by atoms with Crippen molar-refractivity contribution in [2.75, 3.05) is 0 Å². The fraction of sp³-hybridized carbons (Fsp3) is 0.667. The molecule has 2 fully saturated rings. The number of fused-ring (bicyclic) bond motifs is 2. The zero-order chi connectivity index (χ0) is 14.9. The van der Waals surface area contributed by atoms with Gasteiger partial charge in [0.15, 0.2) is 0 Å². The van der Waals surface area contributed by atoms with E-state index in [0.717, 1.165) is 30.4 Å². The number of hydrogen-bond donors (Lipinski definition) is 1. The van der Waals surface area contributed by atoms with E-state index in [-0.39, 0.29) is 16.6 Å². The molecule has 1 aromatic carbocycles. The van der Waals surface area contributed by atoms with E-state index in [1.807, 2.05) is 19.9 Å². The molecule has 3 rings (SSSR count). The van der Waals surface area contributed by atoms with Gasteiger partial charge in [0.05, 0.1) is 0 Å². The highest BCUT2D eigenvalue weighted by Gasteiger charge is 2.69. The first-order chi connectivity index (χ1) is 9.13. The van der Waals surface area contributed by atoms with Crippen molar-refractivity contribution in [2.24, 2.45) is 16.7 Å². The van der Waals surface area contributed by atoms with Crippen molar-refractivity contribution < 1.29 is 9.50 Å². The van der Waals surface area contributed by atoms with Gasteiger partial charge in [0.25, 0.3) is 0 Å². The molecule has 0 spiro atoms. The standard InChI is InChI=1S/C18H25FO/c1-11-8-12(2)15(14(19)9-11)18(20)16(3,4)13-6-7-17(18,5)10-13/h8-9,13,20H,6-7,10H2,1-5H3. The second-order valence-electron chi connectivity index (χ2n) is 7.87. The van der Waals surface area contributed by atoms with Crippen LogP contribution in [0.4, 0.5) is 4.39 Å². The summed E-state index contributed by atoms with van der Waals surface area (Å²) >= 11 is 0. The third-order valence-electron chi connectivity index (χ3n) is 6.36. The molecule has 2 aliphatic rings. The second-order valence-corrected chi connectivity index (χ2v) is 7.87. The summed E-state index contributed by atoms with van der Waals surface area (Å²) in [6, 6.07) is 3.55. The number of benzene rings is 1. The average Bonchev–Trinajstić information content (AvgIpc) is 2.76. The van der Waals surface area contributed by atoms with Gasteiger partial charge < -0.3 is 5.11 Å². The van der Waals surface area contributed by atoms with Crippen LogP contribution >= 0.6 is 0 Å². The van der Waals surface area contributed by atoms with E-state index in [1.54, 1.807) is 6.07 Å². The Morgan fingerprint density at radius 1 is 1.20 bits per heavy atom. The Balaban J connectivity index is 2.28. The second kappa shape index (κ2) is 3.85. The number of aryl methyl sites for hydroxylation is 2. The first kappa shape index (κ1) is 14.1. The summed E-state index contributed by atoms with van der Waals surface area (Å²) in [7, 11) is 0. The zero-order valence-corrected chi connectivity index (χ0v) is 13.2. The number of hydrogen-bond acceptors (Lipinski definition) is 1. The van der Waals surface area contributed by atoms with Crippen LogP contribution in [-0.2, 0) is 5.60 Å². The van der Waals surface area contributed by atoms with Crippen LogP contribution < -0.4 is 0 Å². The molecule has 0 radical (unpaired) electrons. The average molecular weight is 276 g/mol. The van der Waals surface area contributed by atoms with Crippen LogP contribution in [0, 0.1) is 36.4 Å².